The van der Waals surface area contributed by atoms with Crippen LogP contribution in [0.1, 0.15) is 20.3 Å². The lowest BCUT2D eigenvalue weighted by Gasteiger charge is -2.00. The lowest BCUT2D eigenvalue weighted by atomic mass is 10.1. The van der Waals surface area contributed by atoms with Crippen molar-refractivity contribution in [3.63, 3.8) is 0 Å². The van der Waals surface area contributed by atoms with Gasteiger partial charge in [0.15, 0.2) is 5.72 Å². The Morgan fingerprint density at radius 2 is 2.50 bits per heavy atom. The maximum Gasteiger partial charge on any atom is 0.162 e. The fourth-order valence-electron chi connectivity index (χ4n) is 1.58. The molecule has 0 spiro atoms. The van der Waals surface area contributed by atoms with Crippen LogP contribution in [0.5, 0.6) is 0 Å². The first-order valence-electron chi connectivity index (χ1n) is 3.17. The molecule has 3 atom stereocenters. The zero-order chi connectivity index (χ0) is 5.78. The van der Waals surface area contributed by atoms with Crippen LogP contribution >= 0.6 is 0 Å². The van der Waals surface area contributed by atoms with Crippen LogP contribution in [0.15, 0.2) is 0 Å². The Morgan fingerprint density at radius 3 is 2.75 bits per heavy atom. The average molecular weight is 113 g/mol. The minimum atomic E-state index is 0.166. The summed E-state index contributed by atoms with van der Waals surface area (Å²) in [7, 11) is 0. The summed E-state index contributed by atoms with van der Waals surface area (Å²) in [5.41, 5.74) is 0.166. The van der Waals surface area contributed by atoms with Crippen molar-refractivity contribution in [3.8, 4) is 0 Å². The molecule has 0 aliphatic carbocycles. The number of rotatable bonds is 0. The molecule has 2 aliphatic heterocycles. The van der Waals surface area contributed by atoms with Gasteiger partial charge in [-0.05, 0) is 19.3 Å². The molecule has 0 radical (unpaired) electrons. The number of hydroxylamine groups is 2. The van der Waals surface area contributed by atoms with Crippen LogP contribution in [0.25, 0.3) is 0 Å². The summed E-state index contributed by atoms with van der Waals surface area (Å²) >= 11 is 0. The molecule has 0 bridgehead atoms. The summed E-state index contributed by atoms with van der Waals surface area (Å²) in [6, 6.07) is 0. The molecule has 0 N–H and O–H groups in total. The Morgan fingerprint density at radius 1 is 1.75 bits per heavy atom. The second-order valence-electron chi connectivity index (χ2n) is 3.14. The van der Waals surface area contributed by atoms with E-state index in [2.05, 4.69) is 18.9 Å². The molecule has 2 nitrogen and oxygen atoms in total. The van der Waals surface area contributed by atoms with Crippen molar-refractivity contribution in [2.45, 2.75) is 26.0 Å². The Kier molecular flexibility index (Phi) is 0.649. The van der Waals surface area contributed by atoms with E-state index < -0.39 is 0 Å². The van der Waals surface area contributed by atoms with Crippen LogP contribution in [-0.2, 0) is 4.84 Å². The first kappa shape index (κ1) is 4.77. The van der Waals surface area contributed by atoms with E-state index in [0.29, 0.717) is 0 Å². The SMILES string of the molecule is C[C@@H]1CN2O[C@]2(C)C1. The molecule has 2 rings (SSSR count). The van der Waals surface area contributed by atoms with E-state index in [0.717, 1.165) is 12.5 Å². The summed E-state index contributed by atoms with van der Waals surface area (Å²) in [5, 5.41) is 2.07. The fraction of sp³-hybridized carbons (Fsp3) is 1.00. The topological polar surface area (TPSA) is 15.5 Å². The molecular formula is C6H11NO. The Bertz CT molecular complexity index is 126. The van der Waals surface area contributed by atoms with Crippen molar-refractivity contribution in [1.82, 2.24) is 5.06 Å². The van der Waals surface area contributed by atoms with Gasteiger partial charge in [0.05, 0.1) is 0 Å². The summed E-state index contributed by atoms with van der Waals surface area (Å²) < 4.78 is 0. The predicted molar refractivity (Wildman–Crippen MR) is 30.0 cm³/mol. The van der Waals surface area contributed by atoms with E-state index in [1.54, 1.807) is 0 Å². The van der Waals surface area contributed by atoms with Gasteiger partial charge in [0, 0.05) is 6.54 Å². The maximum absolute atomic E-state index is 5.24. The van der Waals surface area contributed by atoms with Crippen LogP contribution in [0, 0.1) is 5.92 Å². The molecule has 0 amide bonds. The van der Waals surface area contributed by atoms with Crippen molar-refractivity contribution in [2.24, 2.45) is 5.92 Å². The normalized spacial score (nSPS) is 60.8. The molecule has 2 heteroatoms. The number of hydrogen-bond acceptors (Lipinski definition) is 2. The van der Waals surface area contributed by atoms with Crippen LogP contribution in [0.2, 0.25) is 0 Å². The van der Waals surface area contributed by atoms with Crippen molar-refractivity contribution in [2.75, 3.05) is 6.54 Å². The molecule has 0 saturated carbocycles. The number of nitrogens with zero attached hydrogens (tertiary/aromatic N) is 1. The van der Waals surface area contributed by atoms with Gasteiger partial charge in [-0.25, -0.2) is 0 Å². The van der Waals surface area contributed by atoms with Gasteiger partial charge in [-0.1, -0.05) is 6.92 Å². The third-order valence-electron chi connectivity index (χ3n) is 2.01. The number of fused-ring (bicyclic) bond motifs is 1. The highest BCUT2D eigenvalue weighted by molar-refractivity contribution is 4.91. The van der Waals surface area contributed by atoms with Crippen molar-refractivity contribution < 1.29 is 4.84 Å². The van der Waals surface area contributed by atoms with E-state index in [9.17, 15) is 0 Å². The minimum absolute atomic E-state index is 0.166. The smallest absolute Gasteiger partial charge is 0.162 e. The Hall–Kier alpha value is -0.0800. The van der Waals surface area contributed by atoms with Gasteiger partial charge < -0.3 is 0 Å². The van der Waals surface area contributed by atoms with Gasteiger partial charge in [-0.3, -0.25) is 4.84 Å². The van der Waals surface area contributed by atoms with Crippen LogP contribution in [0.3, 0.4) is 0 Å². The van der Waals surface area contributed by atoms with Crippen LogP contribution in [0.4, 0.5) is 0 Å². The molecule has 2 heterocycles. The second kappa shape index (κ2) is 1.09. The van der Waals surface area contributed by atoms with E-state index in [4.69, 9.17) is 4.84 Å². The zero-order valence-electron chi connectivity index (χ0n) is 5.35. The van der Waals surface area contributed by atoms with Gasteiger partial charge in [0.1, 0.15) is 0 Å². The highest BCUT2D eigenvalue weighted by Crippen LogP contribution is 2.46. The van der Waals surface area contributed by atoms with Crippen LogP contribution in [-0.4, -0.2) is 17.3 Å². The van der Waals surface area contributed by atoms with Gasteiger partial charge >= 0.3 is 0 Å². The molecule has 2 aliphatic rings. The van der Waals surface area contributed by atoms with Gasteiger partial charge in [-0.15, -0.1) is 0 Å². The summed E-state index contributed by atoms with van der Waals surface area (Å²) in [6.07, 6.45) is 1.22. The third-order valence-corrected chi connectivity index (χ3v) is 2.01. The largest absolute Gasteiger partial charge is 0.272 e. The van der Waals surface area contributed by atoms with Crippen molar-refractivity contribution >= 4 is 0 Å². The van der Waals surface area contributed by atoms with Gasteiger partial charge in [-0.2, -0.15) is 5.06 Å². The van der Waals surface area contributed by atoms with E-state index in [1.165, 1.54) is 6.42 Å². The highest BCUT2D eigenvalue weighted by Gasteiger charge is 2.56. The molecule has 2 saturated heterocycles. The van der Waals surface area contributed by atoms with Gasteiger partial charge in [0.25, 0.3) is 0 Å². The molecule has 1 unspecified atom stereocenters. The van der Waals surface area contributed by atoms with Crippen molar-refractivity contribution in [1.29, 1.82) is 0 Å². The molecule has 2 fully saturated rings. The Labute approximate surface area is 49.4 Å². The fourth-order valence-corrected chi connectivity index (χ4v) is 1.58. The Balaban J connectivity index is 2.10. The second-order valence-corrected chi connectivity index (χ2v) is 3.14. The first-order chi connectivity index (χ1) is 3.71. The minimum Gasteiger partial charge on any atom is -0.272 e. The summed E-state index contributed by atoms with van der Waals surface area (Å²) in [6.45, 7) is 5.55. The number of hydrogen-bond donors (Lipinski definition) is 0. The molecule has 0 aromatic carbocycles. The van der Waals surface area contributed by atoms with Crippen LogP contribution < -0.4 is 0 Å². The summed E-state index contributed by atoms with van der Waals surface area (Å²) in [5.74, 6) is 0.841. The highest BCUT2D eigenvalue weighted by atomic mass is 16.9. The van der Waals surface area contributed by atoms with E-state index >= 15 is 0 Å². The predicted octanol–water partition coefficient (Wildman–Crippen LogP) is 0.990. The lowest BCUT2D eigenvalue weighted by molar-refractivity contribution is 0.149. The average Bonchev–Trinajstić information content (AvgIpc) is 2.07. The first-order valence-corrected chi connectivity index (χ1v) is 3.17. The molecule has 0 aromatic rings. The molecular weight excluding hydrogens is 102 g/mol. The zero-order valence-corrected chi connectivity index (χ0v) is 5.35. The van der Waals surface area contributed by atoms with Gasteiger partial charge in [0.2, 0.25) is 0 Å². The molecule has 8 heavy (non-hydrogen) atoms. The lowest BCUT2D eigenvalue weighted by Crippen LogP contribution is -2.03. The monoisotopic (exact) mass is 113 g/mol. The van der Waals surface area contributed by atoms with E-state index in [-0.39, 0.29) is 5.72 Å². The quantitative estimate of drug-likeness (QED) is 0.435. The summed E-state index contributed by atoms with van der Waals surface area (Å²) in [4.78, 5) is 5.24. The standard InChI is InChI=1S/C6H11NO/c1-5-3-6(2)7(4-5)8-6/h5H,3-4H2,1-2H3/t5-,6+,7?/m0/s1. The molecule has 0 aromatic heterocycles. The third kappa shape index (κ3) is 0.446. The van der Waals surface area contributed by atoms with Crippen molar-refractivity contribution in [3.05, 3.63) is 0 Å². The maximum atomic E-state index is 5.24. The van der Waals surface area contributed by atoms with E-state index in [1.807, 2.05) is 0 Å². The molecule has 46 valence electrons.